The van der Waals surface area contributed by atoms with E-state index in [0.717, 1.165) is 18.3 Å². The highest BCUT2D eigenvalue weighted by Gasteiger charge is 2.37. The molecule has 0 bridgehead atoms. The summed E-state index contributed by atoms with van der Waals surface area (Å²) in [7, 11) is 0. The molecule has 0 saturated heterocycles. The van der Waals surface area contributed by atoms with Crippen molar-refractivity contribution in [3.8, 4) is 11.1 Å². The van der Waals surface area contributed by atoms with Crippen LogP contribution in [-0.4, -0.2) is 24.9 Å². The van der Waals surface area contributed by atoms with E-state index < -0.39 is 23.6 Å². The highest BCUT2D eigenvalue weighted by Crippen LogP contribution is 2.40. The molecule has 0 N–H and O–H groups in total. The number of fused-ring (bicyclic) bond motifs is 2. The van der Waals surface area contributed by atoms with Gasteiger partial charge >= 0.3 is 6.18 Å². The number of Topliss-reactive ketones (excluding diaryl/α,β-unsaturated/α-hetero) is 1. The number of ketones is 1. The van der Waals surface area contributed by atoms with Crippen molar-refractivity contribution in [3.63, 3.8) is 0 Å². The Labute approximate surface area is 173 Å². The molecule has 4 aromatic rings. The van der Waals surface area contributed by atoms with E-state index in [1.165, 1.54) is 16.5 Å². The number of benzene rings is 1. The smallest absolute Gasteiger partial charge is 0.292 e. The summed E-state index contributed by atoms with van der Waals surface area (Å²) in [6, 6.07) is 7.95. The van der Waals surface area contributed by atoms with Gasteiger partial charge in [-0.1, -0.05) is 12.1 Å². The highest BCUT2D eigenvalue weighted by molar-refractivity contribution is 6.05. The van der Waals surface area contributed by atoms with E-state index in [4.69, 9.17) is 0 Å². The third-order valence-electron chi connectivity index (χ3n) is 5.75. The topological polar surface area (TPSA) is 52.2 Å². The molecule has 4 heterocycles. The Morgan fingerprint density at radius 3 is 2.52 bits per heavy atom. The summed E-state index contributed by atoms with van der Waals surface area (Å²) < 4.78 is 55.6. The number of aromatic nitrogens is 4. The van der Waals surface area contributed by atoms with Crippen LogP contribution in [-0.2, 0) is 6.18 Å². The van der Waals surface area contributed by atoms with E-state index in [1.54, 1.807) is 29.2 Å². The number of imidazole rings is 1. The fraction of sp³-hybridized carbons (Fsp3) is 0.227. The number of halogens is 4. The molecular formula is C22H16F4N4O. The Morgan fingerprint density at radius 2 is 1.81 bits per heavy atom. The minimum absolute atomic E-state index is 0.137. The second kappa shape index (κ2) is 6.76. The molecular weight excluding hydrogens is 412 g/mol. The Hall–Kier alpha value is -3.49. The zero-order valence-electron chi connectivity index (χ0n) is 16.3. The lowest BCUT2D eigenvalue weighted by atomic mass is 9.83. The number of hydrogen-bond acceptors (Lipinski definition) is 3. The summed E-state index contributed by atoms with van der Waals surface area (Å²) in [6.45, 7) is 1.91. The Kier molecular flexibility index (Phi) is 4.25. The molecule has 1 aromatic carbocycles. The quantitative estimate of drug-likeness (QED) is 0.408. The van der Waals surface area contributed by atoms with Gasteiger partial charge in [0.15, 0.2) is 5.78 Å². The van der Waals surface area contributed by atoms with Gasteiger partial charge in [0.25, 0.3) is 0 Å². The Morgan fingerprint density at radius 1 is 1.06 bits per heavy atom. The number of nitrogens with zero attached hydrogens (tertiary/aromatic N) is 4. The summed E-state index contributed by atoms with van der Waals surface area (Å²) in [4.78, 5) is 17.4. The standard InChI is InChI=1S/C22H16F4N4O/c1-12-8-16(13-2-5-15(6-3-13)22(24,25)26)21(31)20-17(9-28-30(12)20)14-4-7-19-27-10-18(23)29(19)11-14/h2-7,9-12,16H,8H2,1H3/t12-,16?/m0/s1. The third-order valence-corrected chi connectivity index (χ3v) is 5.75. The van der Waals surface area contributed by atoms with Crippen LogP contribution < -0.4 is 0 Å². The second-order valence-electron chi connectivity index (χ2n) is 7.70. The lowest BCUT2D eigenvalue weighted by Gasteiger charge is -2.28. The zero-order valence-corrected chi connectivity index (χ0v) is 16.3. The average Bonchev–Trinajstić information content (AvgIpc) is 3.35. The predicted octanol–water partition coefficient (Wildman–Crippen LogP) is 5.29. The maximum atomic E-state index is 14.0. The van der Waals surface area contributed by atoms with Gasteiger partial charge in [0.2, 0.25) is 5.95 Å². The molecule has 9 heteroatoms. The van der Waals surface area contributed by atoms with Gasteiger partial charge in [0.05, 0.1) is 29.9 Å². The first-order chi connectivity index (χ1) is 14.7. The van der Waals surface area contributed by atoms with Gasteiger partial charge in [-0.2, -0.15) is 22.7 Å². The van der Waals surface area contributed by atoms with Crippen LogP contribution in [0.5, 0.6) is 0 Å². The number of carbonyl (C=O) groups excluding carboxylic acids is 1. The van der Waals surface area contributed by atoms with Crippen molar-refractivity contribution in [3.05, 3.63) is 77.8 Å². The van der Waals surface area contributed by atoms with Gasteiger partial charge < -0.3 is 0 Å². The molecule has 0 fully saturated rings. The number of hydrogen-bond donors (Lipinski definition) is 0. The van der Waals surface area contributed by atoms with Crippen molar-refractivity contribution in [2.75, 3.05) is 0 Å². The van der Waals surface area contributed by atoms with Crippen molar-refractivity contribution in [2.45, 2.75) is 31.5 Å². The molecule has 0 aliphatic carbocycles. The molecule has 3 aromatic heterocycles. The van der Waals surface area contributed by atoms with Gasteiger partial charge in [-0.15, -0.1) is 0 Å². The van der Waals surface area contributed by atoms with Gasteiger partial charge in [-0.3, -0.25) is 13.9 Å². The molecule has 0 amide bonds. The molecule has 31 heavy (non-hydrogen) atoms. The van der Waals surface area contributed by atoms with Gasteiger partial charge in [0, 0.05) is 17.3 Å². The van der Waals surface area contributed by atoms with Crippen molar-refractivity contribution in [1.29, 1.82) is 0 Å². The number of pyridine rings is 1. The summed E-state index contributed by atoms with van der Waals surface area (Å²) in [6.07, 6.45) is 0.216. The van der Waals surface area contributed by atoms with E-state index in [-0.39, 0.29) is 11.8 Å². The first-order valence-electron chi connectivity index (χ1n) is 9.66. The number of rotatable bonds is 2. The first kappa shape index (κ1) is 19.5. The van der Waals surface area contributed by atoms with Crippen LogP contribution in [0.15, 0.2) is 55.0 Å². The third kappa shape index (κ3) is 3.11. The van der Waals surface area contributed by atoms with Crippen LogP contribution in [0, 0.1) is 5.95 Å². The minimum Gasteiger partial charge on any atom is -0.292 e. The minimum atomic E-state index is -4.44. The molecule has 1 aliphatic rings. The summed E-state index contributed by atoms with van der Waals surface area (Å²) >= 11 is 0. The van der Waals surface area contributed by atoms with Crippen molar-refractivity contribution >= 4 is 11.4 Å². The lowest BCUT2D eigenvalue weighted by Crippen LogP contribution is -2.28. The maximum absolute atomic E-state index is 14.0. The number of alkyl halides is 3. The first-order valence-corrected chi connectivity index (χ1v) is 9.66. The van der Waals surface area contributed by atoms with Crippen LogP contribution in [0.1, 0.15) is 46.9 Å². The van der Waals surface area contributed by atoms with Crippen molar-refractivity contribution in [2.24, 2.45) is 0 Å². The average molecular weight is 428 g/mol. The monoisotopic (exact) mass is 428 g/mol. The van der Waals surface area contributed by atoms with Crippen molar-refractivity contribution < 1.29 is 22.4 Å². The molecule has 2 atom stereocenters. The van der Waals surface area contributed by atoms with Crippen LogP contribution in [0.2, 0.25) is 0 Å². The van der Waals surface area contributed by atoms with Gasteiger partial charge in [0.1, 0.15) is 11.3 Å². The molecule has 1 aliphatic heterocycles. The van der Waals surface area contributed by atoms with E-state index in [0.29, 0.717) is 34.5 Å². The van der Waals surface area contributed by atoms with E-state index in [9.17, 15) is 22.4 Å². The normalized spacial score (nSPS) is 19.1. The summed E-state index contributed by atoms with van der Waals surface area (Å²) in [5.74, 6) is -1.34. The Bertz CT molecular complexity index is 1300. The Balaban J connectivity index is 1.57. The largest absolute Gasteiger partial charge is 0.416 e. The SMILES string of the molecule is C[C@H]1CC(c2ccc(C(F)(F)F)cc2)C(=O)c2c(-c3ccc4ncc(F)n4c3)cnn21. The number of carbonyl (C=O) groups is 1. The van der Waals surface area contributed by atoms with E-state index in [2.05, 4.69) is 10.1 Å². The van der Waals surface area contributed by atoms with E-state index in [1.807, 2.05) is 6.92 Å². The predicted molar refractivity (Wildman–Crippen MR) is 104 cm³/mol. The van der Waals surface area contributed by atoms with Crippen LogP contribution in [0.3, 0.4) is 0 Å². The molecule has 0 radical (unpaired) electrons. The molecule has 5 rings (SSSR count). The fourth-order valence-corrected chi connectivity index (χ4v) is 4.17. The second-order valence-corrected chi connectivity index (χ2v) is 7.70. The molecule has 158 valence electrons. The fourth-order valence-electron chi connectivity index (χ4n) is 4.17. The van der Waals surface area contributed by atoms with Crippen molar-refractivity contribution in [1.82, 2.24) is 19.2 Å². The summed E-state index contributed by atoms with van der Waals surface area (Å²) in [5, 5.41) is 4.36. The summed E-state index contributed by atoms with van der Waals surface area (Å²) in [5.41, 5.74) is 1.71. The molecule has 0 saturated carbocycles. The zero-order chi connectivity index (χ0) is 21.9. The highest BCUT2D eigenvalue weighted by atomic mass is 19.4. The van der Waals surface area contributed by atoms with Gasteiger partial charge in [-0.05, 0) is 43.2 Å². The van der Waals surface area contributed by atoms with E-state index >= 15 is 0 Å². The molecule has 5 nitrogen and oxygen atoms in total. The van der Waals surface area contributed by atoms with Gasteiger partial charge in [-0.25, -0.2) is 4.98 Å². The van der Waals surface area contributed by atoms with Crippen LogP contribution >= 0.6 is 0 Å². The van der Waals surface area contributed by atoms with Crippen LogP contribution in [0.4, 0.5) is 17.6 Å². The molecule has 1 unspecified atom stereocenters. The maximum Gasteiger partial charge on any atom is 0.416 e. The lowest BCUT2D eigenvalue weighted by molar-refractivity contribution is -0.137. The van der Waals surface area contributed by atoms with Crippen LogP contribution in [0.25, 0.3) is 16.8 Å². The molecule has 0 spiro atoms.